The van der Waals surface area contributed by atoms with E-state index in [1.54, 1.807) is 0 Å². The van der Waals surface area contributed by atoms with Gasteiger partial charge in [0.1, 0.15) is 67.1 Å². The second kappa shape index (κ2) is 17.8. The zero-order valence-corrected chi connectivity index (χ0v) is 35.9. The summed E-state index contributed by atoms with van der Waals surface area (Å²) < 4.78 is 42.7. The van der Waals surface area contributed by atoms with E-state index >= 15 is 0 Å². The van der Waals surface area contributed by atoms with E-state index in [0.29, 0.717) is 24.7 Å². The van der Waals surface area contributed by atoms with Crippen LogP contribution in [0.25, 0.3) is 0 Å². The molecule has 10 N–H and O–H groups in total. The van der Waals surface area contributed by atoms with E-state index in [-0.39, 0.29) is 42.5 Å². The summed E-state index contributed by atoms with van der Waals surface area (Å²) in [6.07, 6.45) is -11.6. The predicted octanol–water partition coefficient (Wildman–Crippen LogP) is -0.272. The van der Waals surface area contributed by atoms with Crippen LogP contribution in [0, 0.1) is 40.4 Å². The van der Waals surface area contributed by atoms with Crippen LogP contribution in [0.2, 0.25) is 0 Å². The summed E-state index contributed by atoms with van der Waals surface area (Å²) in [6, 6.07) is 0. The highest BCUT2D eigenvalue weighted by Crippen LogP contribution is 2.69. The van der Waals surface area contributed by atoms with Crippen molar-refractivity contribution < 1.29 is 84.2 Å². The number of hydrogen-bond donors (Lipinski definition) is 10. The monoisotopic (exact) mass is 870 g/mol. The normalized spacial score (nSPS) is 52.7. The molecule has 0 spiro atoms. The average Bonchev–Trinajstić information content (AvgIpc) is 3.72. The summed E-state index contributed by atoms with van der Waals surface area (Å²) in [5.74, 6) is 2.27. The summed E-state index contributed by atoms with van der Waals surface area (Å²) in [4.78, 5) is 0. The molecule has 4 aliphatic heterocycles. The van der Waals surface area contributed by atoms with Crippen LogP contribution >= 0.6 is 0 Å². The Kier molecular flexibility index (Phi) is 13.5. The number of hydrogen-bond acceptors (Lipinski definition) is 17. The topological polar surface area (TPSA) is 267 Å². The smallest absolute Gasteiger partial charge is 0.187 e. The molecule has 61 heavy (non-hydrogen) atoms. The second-order valence-electron chi connectivity index (χ2n) is 20.1. The van der Waals surface area contributed by atoms with Crippen LogP contribution < -0.4 is 0 Å². The van der Waals surface area contributed by atoms with Crippen molar-refractivity contribution in [2.24, 2.45) is 40.4 Å². The second-order valence-corrected chi connectivity index (χ2v) is 20.1. The van der Waals surface area contributed by atoms with E-state index in [0.717, 1.165) is 49.9 Å². The maximum atomic E-state index is 11.2. The fourth-order valence-electron chi connectivity index (χ4n) is 12.9. The van der Waals surface area contributed by atoms with E-state index in [4.69, 9.17) is 33.2 Å². The van der Waals surface area contributed by atoms with Gasteiger partial charge >= 0.3 is 0 Å². The van der Waals surface area contributed by atoms with E-state index in [2.05, 4.69) is 26.8 Å². The first-order valence-electron chi connectivity index (χ1n) is 22.5. The molecule has 0 radical (unpaired) electrons. The minimum absolute atomic E-state index is 0.00349. The quantitative estimate of drug-likeness (QED) is 0.120. The molecular formula is C44H70O17. The summed E-state index contributed by atoms with van der Waals surface area (Å²) in [5, 5.41) is 105. The molecular weight excluding hydrogens is 800 g/mol. The fourth-order valence-corrected chi connectivity index (χ4v) is 12.9. The molecule has 17 nitrogen and oxygen atoms in total. The SMILES string of the molecule is CC1=C(CC[C@@H](C)CO[C@@H]2O[C@H](CO)[C@@H](O)[C@H](O)[C@H]2O)OC2C[C@H]3[C@@H]4CC=C5C[C@@H](O)C[C@@H](O[C@@H]6OC[C@H](O)[C@H](O)[C@H]6O[C@@H]6O[C@@H](C)[C@H](O)[C@@H](O)[C@H]6O)[C@]5(C)[C@H]4CC[C@]3(C)[C@@H]12. The zero-order chi connectivity index (χ0) is 43.9. The van der Waals surface area contributed by atoms with Crippen LogP contribution in [0.3, 0.4) is 0 Å². The van der Waals surface area contributed by atoms with Gasteiger partial charge in [0.05, 0.1) is 43.9 Å². The number of aliphatic hydroxyl groups is 10. The number of ether oxygens (including phenoxy) is 7. The molecule has 6 fully saturated rings. The highest BCUT2D eigenvalue weighted by atomic mass is 16.8. The molecule has 0 aromatic heterocycles. The highest BCUT2D eigenvalue weighted by molar-refractivity contribution is 5.31. The lowest BCUT2D eigenvalue weighted by atomic mass is 9.46. The van der Waals surface area contributed by atoms with Crippen molar-refractivity contribution in [2.75, 3.05) is 19.8 Å². The van der Waals surface area contributed by atoms with Crippen molar-refractivity contribution in [2.45, 2.75) is 190 Å². The molecule has 3 saturated heterocycles. The van der Waals surface area contributed by atoms with E-state index in [9.17, 15) is 51.1 Å². The fraction of sp³-hybridized carbons (Fsp3) is 0.909. The van der Waals surface area contributed by atoms with Gasteiger partial charge in [0, 0.05) is 24.2 Å². The molecule has 4 heterocycles. The van der Waals surface area contributed by atoms with Gasteiger partial charge < -0.3 is 84.2 Å². The zero-order valence-electron chi connectivity index (χ0n) is 35.9. The Bertz CT molecular complexity index is 1610. The number of fused-ring (bicyclic) bond motifs is 7. The van der Waals surface area contributed by atoms with Gasteiger partial charge in [-0.25, -0.2) is 0 Å². The minimum atomic E-state index is -1.64. The molecule has 0 aromatic rings. The van der Waals surface area contributed by atoms with Gasteiger partial charge in [-0.15, -0.1) is 0 Å². The summed E-state index contributed by atoms with van der Waals surface area (Å²) in [5.41, 5.74) is 1.95. The first kappa shape index (κ1) is 46.2. The van der Waals surface area contributed by atoms with Gasteiger partial charge in [0.25, 0.3) is 0 Å². The molecule has 0 amide bonds. The molecule has 1 unspecified atom stereocenters. The van der Waals surface area contributed by atoms with Gasteiger partial charge in [0.15, 0.2) is 18.9 Å². The molecule has 4 aliphatic carbocycles. The third-order valence-electron chi connectivity index (χ3n) is 16.4. The van der Waals surface area contributed by atoms with Crippen molar-refractivity contribution in [1.29, 1.82) is 0 Å². The van der Waals surface area contributed by atoms with Crippen molar-refractivity contribution >= 4 is 0 Å². The van der Waals surface area contributed by atoms with Gasteiger partial charge in [-0.3, -0.25) is 0 Å². The Morgan fingerprint density at radius 2 is 1.56 bits per heavy atom. The molecule has 0 bridgehead atoms. The van der Waals surface area contributed by atoms with Crippen LogP contribution in [0.15, 0.2) is 23.0 Å². The Labute approximate surface area is 357 Å². The first-order valence-corrected chi connectivity index (χ1v) is 22.5. The standard InChI is InChI=1S/C44H70O17/c1-18(16-55-40-37(53)36(52)34(50)29(15-45)59-40)6-9-27-19(2)31-28(58-27)14-25-23-8-7-21-12-22(46)13-30(44(21,5)24(23)10-11-43(25,31)4)60-42-39(33(49)26(47)17-56-42)61-41-38(54)35(51)32(48)20(3)57-41/h7,18,20,22-26,28-42,45-54H,6,8-17H2,1-5H3/t18-,20+,22-,23-,24+,25+,26+,28?,29-,30-,31+,32+,33+,34-,35-,36+,37-,38-,39-,40-,41+,42+,43+,44+/m1/s1. The van der Waals surface area contributed by atoms with Crippen LogP contribution in [-0.2, 0) is 33.2 Å². The van der Waals surface area contributed by atoms with E-state index in [1.165, 1.54) is 12.5 Å². The predicted molar refractivity (Wildman–Crippen MR) is 212 cm³/mol. The Balaban J connectivity index is 0.939. The third kappa shape index (κ3) is 8.07. The molecule has 0 aromatic carbocycles. The first-order chi connectivity index (χ1) is 28.9. The lowest BCUT2D eigenvalue weighted by molar-refractivity contribution is -0.362. The van der Waals surface area contributed by atoms with Gasteiger partial charge in [0.2, 0.25) is 0 Å². The highest BCUT2D eigenvalue weighted by Gasteiger charge is 2.65. The van der Waals surface area contributed by atoms with Crippen LogP contribution in [0.1, 0.15) is 86.0 Å². The van der Waals surface area contributed by atoms with E-state index in [1.807, 2.05) is 6.92 Å². The minimum Gasteiger partial charge on any atom is -0.494 e. The Morgan fingerprint density at radius 1 is 0.836 bits per heavy atom. The number of rotatable bonds is 11. The van der Waals surface area contributed by atoms with Crippen molar-refractivity contribution in [1.82, 2.24) is 0 Å². The van der Waals surface area contributed by atoms with E-state index < -0.39 is 110 Å². The van der Waals surface area contributed by atoms with Crippen LogP contribution in [-0.4, -0.2) is 175 Å². The third-order valence-corrected chi connectivity index (χ3v) is 16.4. The summed E-state index contributed by atoms with van der Waals surface area (Å²) in [7, 11) is 0. The maximum absolute atomic E-state index is 11.2. The van der Waals surface area contributed by atoms with Crippen molar-refractivity contribution in [3.63, 3.8) is 0 Å². The lowest BCUT2D eigenvalue weighted by Gasteiger charge is -2.60. The molecule has 8 rings (SSSR count). The number of aliphatic hydroxyl groups excluding tert-OH is 10. The van der Waals surface area contributed by atoms with Crippen LogP contribution in [0.5, 0.6) is 0 Å². The van der Waals surface area contributed by atoms with Crippen LogP contribution in [0.4, 0.5) is 0 Å². The van der Waals surface area contributed by atoms with Gasteiger partial charge in [-0.1, -0.05) is 32.4 Å². The molecule has 17 heteroatoms. The molecule has 8 aliphatic rings. The lowest BCUT2D eigenvalue weighted by Crippen LogP contribution is -2.63. The molecule has 24 atom stereocenters. The Hall–Kier alpha value is -1.36. The van der Waals surface area contributed by atoms with Gasteiger partial charge in [-0.2, -0.15) is 0 Å². The molecule has 3 saturated carbocycles. The largest absolute Gasteiger partial charge is 0.494 e. The number of allylic oxidation sites excluding steroid dienone is 2. The Morgan fingerprint density at radius 3 is 2.30 bits per heavy atom. The summed E-state index contributed by atoms with van der Waals surface area (Å²) >= 11 is 0. The maximum Gasteiger partial charge on any atom is 0.187 e. The molecule has 348 valence electrons. The van der Waals surface area contributed by atoms with Crippen molar-refractivity contribution in [3.8, 4) is 0 Å². The van der Waals surface area contributed by atoms with Gasteiger partial charge in [-0.05, 0) is 87.0 Å². The summed E-state index contributed by atoms with van der Waals surface area (Å²) in [6.45, 7) is 9.92. The average molecular weight is 871 g/mol. The van der Waals surface area contributed by atoms with Crippen molar-refractivity contribution in [3.05, 3.63) is 23.0 Å².